The van der Waals surface area contributed by atoms with E-state index in [-0.39, 0.29) is 19.8 Å². The van der Waals surface area contributed by atoms with Crippen molar-refractivity contribution in [1.82, 2.24) is 10.3 Å². The Bertz CT molecular complexity index is 668. The molecule has 0 saturated carbocycles. The molecule has 2 atom stereocenters. The van der Waals surface area contributed by atoms with E-state index in [0.717, 1.165) is 5.39 Å². The fourth-order valence-corrected chi connectivity index (χ4v) is 2.31. The molecule has 0 spiro atoms. The molecule has 6 nitrogen and oxygen atoms in total. The normalized spacial score (nSPS) is 22.2. The number of nitrogens with one attached hydrogen (secondary N) is 1. The maximum Gasteiger partial charge on any atom is 0.417 e. The Labute approximate surface area is 128 Å². The second kappa shape index (κ2) is 6.17. The predicted octanol–water partition coefficient (Wildman–Crippen LogP) is 1.79. The van der Waals surface area contributed by atoms with Gasteiger partial charge in [0.15, 0.2) is 12.2 Å². The second-order valence-electron chi connectivity index (χ2n) is 4.97. The number of hydrogen-bond acceptors (Lipinski definition) is 5. The summed E-state index contributed by atoms with van der Waals surface area (Å²) in [6.45, 7) is -0.330. The maximum absolute atomic E-state index is 12.8. The van der Waals surface area contributed by atoms with Crippen LogP contribution in [0.2, 0.25) is 0 Å². The minimum absolute atomic E-state index is 0.0576. The van der Waals surface area contributed by atoms with E-state index in [1.807, 2.05) is 0 Å². The van der Waals surface area contributed by atoms with E-state index in [1.165, 1.54) is 0 Å². The maximum atomic E-state index is 12.8. The highest BCUT2D eigenvalue weighted by Crippen LogP contribution is 2.29. The molecule has 1 aliphatic heterocycles. The SMILES string of the molecule is O=C(NCc1cc2cnccc2o1)[C@H]1OCCO[C@H]1C(F)(F)F. The van der Waals surface area contributed by atoms with E-state index >= 15 is 0 Å². The summed E-state index contributed by atoms with van der Waals surface area (Å²) in [5.41, 5.74) is 0.578. The summed E-state index contributed by atoms with van der Waals surface area (Å²) in [4.78, 5) is 15.9. The topological polar surface area (TPSA) is 73.6 Å². The molecule has 0 bridgehead atoms. The number of hydrogen-bond donors (Lipinski definition) is 1. The summed E-state index contributed by atoms with van der Waals surface area (Å²) in [6, 6.07) is 3.31. The molecule has 124 valence electrons. The Morgan fingerprint density at radius 3 is 2.87 bits per heavy atom. The zero-order valence-corrected chi connectivity index (χ0v) is 11.8. The number of ether oxygens (including phenoxy) is 2. The van der Waals surface area contributed by atoms with Crippen molar-refractivity contribution < 1.29 is 31.9 Å². The number of carbonyl (C=O) groups is 1. The summed E-state index contributed by atoms with van der Waals surface area (Å²) < 4.78 is 53.5. The van der Waals surface area contributed by atoms with Gasteiger partial charge < -0.3 is 19.2 Å². The van der Waals surface area contributed by atoms with E-state index in [9.17, 15) is 18.0 Å². The number of halogens is 3. The minimum atomic E-state index is -4.67. The van der Waals surface area contributed by atoms with Gasteiger partial charge in [0.25, 0.3) is 5.91 Å². The Morgan fingerprint density at radius 2 is 2.13 bits per heavy atom. The summed E-state index contributed by atoms with van der Waals surface area (Å²) in [5, 5.41) is 3.11. The smallest absolute Gasteiger partial charge is 0.417 e. The summed E-state index contributed by atoms with van der Waals surface area (Å²) >= 11 is 0. The molecule has 1 saturated heterocycles. The minimum Gasteiger partial charge on any atom is -0.459 e. The molecule has 1 amide bonds. The average molecular weight is 330 g/mol. The van der Waals surface area contributed by atoms with Crippen LogP contribution in [-0.2, 0) is 20.8 Å². The van der Waals surface area contributed by atoms with Crippen molar-refractivity contribution in [3.63, 3.8) is 0 Å². The van der Waals surface area contributed by atoms with Gasteiger partial charge in [-0.3, -0.25) is 9.78 Å². The van der Waals surface area contributed by atoms with Crippen molar-refractivity contribution in [1.29, 1.82) is 0 Å². The number of carbonyl (C=O) groups excluding carboxylic acids is 1. The number of aromatic nitrogens is 1. The molecule has 1 fully saturated rings. The number of alkyl halides is 3. The van der Waals surface area contributed by atoms with Crippen LogP contribution < -0.4 is 5.32 Å². The van der Waals surface area contributed by atoms with Gasteiger partial charge in [0, 0.05) is 17.8 Å². The number of furan rings is 1. The number of fused-ring (bicyclic) bond motifs is 1. The summed E-state index contributed by atoms with van der Waals surface area (Å²) in [5.74, 6) is -0.493. The number of rotatable bonds is 3. The van der Waals surface area contributed by atoms with Gasteiger partial charge >= 0.3 is 6.18 Å². The lowest BCUT2D eigenvalue weighted by Crippen LogP contribution is -2.54. The van der Waals surface area contributed by atoms with Crippen molar-refractivity contribution in [2.75, 3.05) is 13.2 Å². The third-order valence-electron chi connectivity index (χ3n) is 3.34. The van der Waals surface area contributed by atoms with Crippen LogP contribution in [0.3, 0.4) is 0 Å². The highest BCUT2D eigenvalue weighted by molar-refractivity contribution is 5.82. The van der Waals surface area contributed by atoms with Gasteiger partial charge in [-0.25, -0.2) is 0 Å². The lowest BCUT2D eigenvalue weighted by molar-refractivity contribution is -0.272. The van der Waals surface area contributed by atoms with Crippen LogP contribution >= 0.6 is 0 Å². The second-order valence-corrected chi connectivity index (χ2v) is 4.97. The highest BCUT2D eigenvalue weighted by atomic mass is 19.4. The van der Waals surface area contributed by atoms with Gasteiger partial charge in [-0.2, -0.15) is 13.2 Å². The average Bonchev–Trinajstić information content (AvgIpc) is 2.94. The molecule has 1 N–H and O–H groups in total. The van der Waals surface area contributed by atoms with E-state index in [4.69, 9.17) is 9.15 Å². The van der Waals surface area contributed by atoms with Crippen LogP contribution in [0, 0.1) is 0 Å². The Hall–Kier alpha value is -2.13. The highest BCUT2D eigenvalue weighted by Gasteiger charge is 2.50. The first-order chi connectivity index (χ1) is 10.9. The molecule has 0 radical (unpaired) electrons. The Balaban J connectivity index is 1.65. The fourth-order valence-electron chi connectivity index (χ4n) is 2.31. The molecule has 2 aromatic heterocycles. The van der Waals surface area contributed by atoms with Crippen molar-refractivity contribution in [2.45, 2.75) is 24.9 Å². The number of amides is 1. The lowest BCUT2D eigenvalue weighted by atomic mass is 10.1. The van der Waals surface area contributed by atoms with Crippen LogP contribution in [-0.4, -0.2) is 42.5 Å². The fraction of sp³-hybridized carbons (Fsp3) is 0.429. The van der Waals surface area contributed by atoms with E-state index in [0.29, 0.717) is 11.3 Å². The largest absolute Gasteiger partial charge is 0.459 e. The summed E-state index contributed by atoms with van der Waals surface area (Å²) in [7, 11) is 0. The zero-order chi connectivity index (χ0) is 16.4. The Kier molecular flexibility index (Phi) is 4.22. The van der Waals surface area contributed by atoms with E-state index in [2.05, 4.69) is 15.0 Å². The van der Waals surface area contributed by atoms with Gasteiger partial charge in [0.05, 0.1) is 19.8 Å². The molecule has 3 heterocycles. The predicted molar refractivity (Wildman–Crippen MR) is 71.4 cm³/mol. The monoisotopic (exact) mass is 330 g/mol. The molecule has 0 aromatic carbocycles. The molecule has 1 aliphatic rings. The van der Waals surface area contributed by atoms with Crippen molar-refractivity contribution in [3.05, 3.63) is 30.3 Å². The van der Waals surface area contributed by atoms with Gasteiger partial charge in [-0.05, 0) is 12.1 Å². The number of nitrogens with zero attached hydrogens (tertiary/aromatic N) is 1. The molecule has 9 heteroatoms. The quantitative estimate of drug-likeness (QED) is 0.929. The molecule has 23 heavy (non-hydrogen) atoms. The van der Waals surface area contributed by atoms with Crippen molar-refractivity contribution >= 4 is 16.9 Å². The van der Waals surface area contributed by atoms with Crippen LogP contribution in [0.5, 0.6) is 0 Å². The van der Waals surface area contributed by atoms with Gasteiger partial charge in [-0.15, -0.1) is 0 Å². The van der Waals surface area contributed by atoms with E-state index < -0.39 is 24.3 Å². The number of pyridine rings is 1. The Morgan fingerprint density at radius 1 is 1.35 bits per heavy atom. The zero-order valence-electron chi connectivity index (χ0n) is 11.8. The van der Waals surface area contributed by atoms with E-state index in [1.54, 1.807) is 24.5 Å². The standard InChI is InChI=1S/C14H13F3N2O4/c15-14(16,17)12-11(21-3-4-22-12)13(20)19-7-9-5-8-6-18-2-1-10(8)23-9/h1-2,5-6,11-12H,3-4,7H2,(H,19,20)/t11-,12+/m0/s1. The molecular formula is C14H13F3N2O4. The van der Waals surface area contributed by atoms with Gasteiger partial charge in [-0.1, -0.05) is 0 Å². The van der Waals surface area contributed by atoms with Crippen LogP contribution in [0.25, 0.3) is 11.0 Å². The molecule has 3 rings (SSSR count). The molecule has 0 unspecified atom stereocenters. The van der Waals surface area contributed by atoms with Crippen LogP contribution in [0.15, 0.2) is 28.9 Å². The van der Waals surface area contributed by atoms with Crippen molar-refractivity contribution in [3.8, 4) is 0 Å². The molecule has 0 aliphatic carbocycles. The first-order valence-electron chi connectivity index (χ1n) is 6.85. The lowest BCUT2D eigenvalue weighted by Gasteiger charge is -2.31. The third-order valence-corrected chi connectivity index (χ3v) is 3.34. The van der Waals surface area contributed by atoms with Crippen molar-refractivity contribution in [2.24, 2.45) is 0 Å². The third kappa shape index (κ3) is 3.45. The first kappa shape index (κ1) is 15.8. The van der Waals surface area contributed by atoms with Gasteiger partial charge in [0.1, 0.15) is 11.3 Å². The van der Waals surface area contributed by atoms with Crippen LogP contribution in [0.1, 0.15) is 5.76 Å². The summed E-state index contributed by atoms with van der Waals surface area (Å²) in [6.07, 6.45) is -5.53. The molecule has 2 aromatic rings. The van der Waals surface area contributed by atoms with Gasteiger partial charge in [0.2, 0.25) is 0 Å². The molecular weight excluding hydrogens is 317 g/mol. The first-order valence-corrected chi connectivity index (χ1v) is 6.85. The van der Waals surface area contributed by atoms with Crippen LogP contribution in [0.4, 0.5) is 13.2 Å².